The van der Waals surface area contributed by atoms with Gasteiger partial charge < -0.3 is 10.1 Å². The van der Waals surface area contributed by atoms with Gasteiger partial charge in [0.25, 0.3) is 0 Å². The van der Waals surface area contributed by atoms with Gasteiger partial charge in [-0.1, -0.05) is 26.3 Å². The summed E-state index contributed by atoms with van der Waals surface area (Å²) in [4.78, 5) is 23.0. The molecule has 0 radical (unpaired) electrons. The monoisotopic (exact) mass is 285 g/mol. The molecule has 0 saturated heterocycles. The molecule has 0 aromatic heterocycles. The fraction of sp³-hybridized carbons (Fsp3) is 0.714. The number of carbonyl (C=O) groups is 2. The SMILES string of the molecule is CC(=O)NC1CCCCC=CC1OC(=O)SC(C)C. The molecule has 0 aliphatic heterocycles. The van der Waals surface area contributed by atoms with Crippen molar-refractivity contribution in [1.29, 1.82) is 0 Å². The van der Waals surface area contributed by atoms with E-state index in [-0.39, 0.29) is 28.6 Å². The van der Waals surface area contributed by atoms with Crippen molar-refractivity contribution >= 4 is 23.0 Å². The summed E-state index contributed by atoms with van der Waals surface area (Å²) in [6.07, 6.45) is 7.55. The maximum Gasteiger partial charge on any atom is 0.368 e. The Morgan fingerprint density at radius 2 is 2.11 bits per heavy atom. The molecule has 0 fully saturated rings. The van der Waals surface area contributed by atoms with Crippen molar-refractivity contribution < 1.29 is 14.3 Å². The lowest BCUT2D eigenvalue weighted by Gasteiger charge is -2.26. The number of nitrogens with one attached hydrogen (secondary N) is 1. The third kappa shape index (κ3) is 6.66. The van der Waals surface area contributed by atoms with Crippen LogP contribution in [0.4, 0.5) is 4.79 Å². The Morgan fingerprint density at radius 3 is 2.74 bits per heavy atom. The van der Waals surface area contributed by atoms with E-state index in [1.165, 1.54) is 18.7 Å². The molecule has 1 amide bonds. The molecule has 0 spiro atoms. The number of rotatable bonds is 3. The molecular weight excluding hydrogens is 262 g/mol. The van der Waals surface area contributed by atoms with E-state index >= 15 is 0 Å². The average Bonchev–Trinajstić information content (AvgIpc) is 2.25. The van der Waals surface area contributed by atoms with Crippen LogP contribution < -0.4 is 5.32 Å². The lowest BCUT2D eigenvalue weighted by atomic mass is 9.99. The van der Waals surface area contributed by atoms with E-state index in [0.717, 1.165) is 25.7 Å². The maximum atomic E-state index is 11.7. The quantitative estimate of drug-likeness (QED) is 0.638. The predicted octanol–water partition coefficient (Wildman–Crippen LogP) is 3.27. The van der Waals surface area contributed by atoms with Gasteiger partial charge in [0.05, 0.1) is 6.04 Å². The second kappa shape index (κ2) is 8.25. The van der Waals surface area contributed by atoms with Gasteiger partial charge in [0.15, 0.2) is 0 Å². The molecule has 5 heteroatoms. The number of thioether (sulfide) groups is 1. The van der Waals surface area contributed by atoms with Crippen molar-refractivity contribution in [3.8, 4) is 0 Å². The summed E-state index contributed by atoms with van der Waals surface area (Å²) >= 11 is 1.17. The summed E-state index contributed by atoms with van der Waals surface area (Å²) < 4.78 is 5.47. The first kappa shape index (κ1) is 16.1. The van der Waals surface area contributed by atoms with Gasteiger partial charge in [-0.25, -0.2) is 4.79 Å². The highest BCUT2D eigenvalue weighted by molar-refractivity contribution is 8.13. The number of allylic oxidation sites excluding steroid dienone is 1. The molecule has 1 N–H and O–H groups in total. The van der Waals surface area contributed by atoms with Gasteiger partial charge in [-0.05, 0) is 37.1 Å². The Balaban J connectivity index is 2.67. The van der Waals surface area contributed by atoms with E-state index in [4.69, 9.17) is 4.74 Å². The lowest BCUT2D eigenvalue weighted by Crippen LogP contribution is -2.43. The number of ether oxygens (including phenoxy) is 1. The van der Waals surface area contributed by atoms with Crippen molar-refractivity contribution in [2.45, 2.75) is 63.9 Å². The lowest BCUT2D eigenvalue weighted by molar-refractivity contribution is -0.120. The van der Waals surface area contributed by atoms with Gasteiger partial charge in [-0.3, -0.25) is 4.79 Å². The van der Waals surface area contributed by atoms with Crippen LogP contribution in [0.5, 0.6) is 0 Å². The molecule has 19 heavy (non-hydrogen) atoms. The minimum Gasteiger partial charge on any atom is -0.448 e. The highest BCUT2D eigenvalue weighted by Crippen LogP contribution is 2.20. The van der Waals surface area contributed by atoms with Crippen molar-refractivity contribution in [2.24, 2.45) is 0 Å². The van der Waals surface area contributed by atoms with Crippen LogP contribution in [0.1, 0.15) is 46.5 Å². The molecule has 0 aromatic rings. The highest BCUT2D eigenvalue weighted by atomic mass is 32.2. The second-order valence-corrected chi connectivity index (χ2v) is 6.53. The van der Waals surface area contributed by atoms with Gasteiger partial charge in [-0.2, -0.15) is 0 Å². The minimum absolute atomic E-state index is 0.0865. The molecular formula is C14H23NO3S. The highest BCUT2D eigenvalue weighted by Gasteiger charge is 2.25. The molecule has 4 nitrogen and oxygen atoms in total. The van der Waals surface area contributed by atoms with Gasteiger partial charge in [0.2, 0.25) is 5.91 Å². The molecule has 0 bridgehead atoms. The first-order valence-corrected chi connectivity index (χ1v) is 7.68. The Bertz CT molecular complexity index is 342. The standard InChI is InChI=1S/C14H23NO3S/c1-10(2)19-14(17)18-13-9-7-5-4-6-8-12(13)15-11(3)16/h7,9-10,12-13H,4-6,8H2,1-3H3,(H,15,16). The fourth-order valence-corrected chi connectivity index (χ4v) is 2.57. The van der Waals surface area contributed by atoms with E-state index in [9.17, 15) is 9.59 Å². The zero-order chi connectivity index (χ0) is 14.3. The summed E-state index contributed by atoms with van der Waals surface area (Å²) in [5.74, 6) is -0.0865. The molecule has 1 rings (SSSR count). The van der Waals surface area contributed by atoms with Gasteiger partial charge in [-0.15, -0.1) is 0 Å². The average molecular weight is 285 g/mol. The molecule has 1 aliphatic carbocycles. The Hall–Kier alpha value is -0.970. The van der Waals surface area contributed by atoms with Crippen molar-refractivity contribution in [3.63, 3.8) is 0 Å². The summed E-state index contributed by atoms with van der Waals surface area (Å²) in [5.41, 5.74) is 0. The summed E-state index contributed by atoms with van der Waals surface area (Å²) in [6, 6.07) is -0.120. The third-order valence-corrected chi connectivity index (χ3v) is 3.57. The van der Waals surface area contributed by atoms with Crippen LogP contribution in [0.2, 0.25) is 0 Å². The number of hydrogen-bond donors (Lipinski definition) is 1. The zero-order valence-electron chi connectivity index (χ0n) is 11.8. The molecule has 0 heterocycles. The van der Waals surface area contributed by atoms with E-state index in [2.05, 4.69) is 5.32 Å². The summed E-state index contributed by atoms with van der Waals surface area (Å²) in [7, 11) is 0. The molecule has 0 saturated carbocycles. The Labute approximate surface area is 119 Å². The van der Waals surface area contributed by atoms with Gasteiger partial charge in [0, 0.05) is 12.2 Å². The van der Waals surface area contributed by atoms with Crippen molar-refractivity contribution in [1.82, 2.24) is 5.32 Å². The Kier molecular flexibility index (Phi) is 6.99. The van der Waals surface area contributed by atoms with Crippen molar-refractivity contribution in [3.05, 3.63) is 12.2 Å². The smallest absolute Gasteiger partial charge is 0.368 e. The topological polar surface area (TPSA) is 55.4 Å². The van der Waals surface area contributed by atoms with Gasteiger partial charge >= 0.3 is 5.30 Å². The summed E-state index contributed by atoms with van der Waals surface area (Å²) in [5, 5.41) is 2.80. The van der Waals surface area contributed by atoms with Crippen LogP contribution in [-0.4, -0.2) is 28.6 Å². The molecule has 0 aromatic carbocycles. The number of carbonyl (C=O) groups excluding carboxylic acids is 2. The van der Waals surface area contributed by atoms with Crippen molar-refractivity contribution in [2.75, 3.05) is 0 Å². The minimum atomic E-state index is -0.358. The second-order valence-electron chi connectivity index (χ2n) is 5.02. The largest absolute Gasteiger partial charge is 0.448 e. The molecule has 2 atom stereocenters. The van der Waals surface area contributed by atoms with E-state index in [1.807, 2.05) is 26.0 Å². The first-order chi connectivity index (χ1) is 8.99. The molecule has 2 unspecified atom stereocenters. The molecule has 108 valence electrons. The normalized spacial score (nSPS) is 23.6. The zero-order valence-corrected chi connectivity index (χ0v) is 12.7. The van der Waals surface area contributed by atoms with E-state index < -0.39 is 0 Å². The van der Waals surface area contributed by atoms with E-state index in [1.54, 1.807) is 0 Å². The van der Waals surface area contributed by atoms with Crippen LogP contribution in [0.15, 0.2) is 12.2 Å². The Morgan fingerprint density at radius 1 is 1.37 bits per heavy atom. The summed E-state index contributed by atoms with van der Waals surface area (Å²) in [6.45, 7) is 5.39. The fourth-order valence-electron chi connectivity index (χ4n) is 2.02. The van der Waals surface area contributed by atoms with Crippen LogP contribution in [0.3, 0.4) is 0 Å². The van der Waals surface area contributed by atoms with Gasteiger partial charge in [0.1, 0.15) is 6.10 Å². The number of hydrogen-bond acceptors (Lipinski definition) is 4. The predicted molar refractivity (Wildman–Crippen MR) is 78.2 cm³/mol. The van der Waals surface area contributed by atoms with E-state index in [0.29, 0.717) is 0 Å². The van der Waals surface area contributed by atoms with Crippen LogP contribution in [-0.2, 0) is 9.53 Å². The van der Waals surface area contributed by atoms with Crippen LogP contribution in [0, 0.1) is 0 Å². The first-order valence-electron chi connectivity index (χ1n) is 6.80. The molecule has 1 aliphatic rings. The van der Waals surface area contributed by atoms with Crippen LogP contribution >= 0.6 is 11.8 Å². The third-order valence-electron chi connectivity index (χ3n) is 2.81. The van der Waals surface area contributed by atoms with Crippen LogP contribution in [0.25, 0.3) is 0 Å². The maximum absolute atomic E-state index is 11.7. The number of amides is 1.